The Labute approximate surface area is 61.4 Å². The Balaban J connectivity index is 3.45. The zero-order chi connectivity index (χ0) is 5.86. The normalized spacial score (nSPS) is 8.00. The summed E-state index contributed by atoms with van der Waals surface area (Å²) in [6.07, 6.45) is 0. The fourth-order valence-corrected chi connectivity index (χ4v) is 1.31. The number of hydrogen-bond acceptors (Lipinski definition) is 0. The van der Waals surface area contributed by atoms with E-state index in [1.807, 2.05) is 0 Å². The van der Waals surface area contributed by atoms with Crippen molar-refractivity contribution in [2.24, 2.45) is 0 Å². The lowest BCUT2D eigenvalue weighted by molar-refractivity contribution is 1.41. The van der Waals surface area contributed by atoms with Crippen LogP contribution >= 0.6 is 31.5 Å². The summed E-state index contributed by atoms with van der Waals surface area (Å²) in [7, 11) is 0. The molecule has 0 N–H and O–H groups in total. The molecule has 0 fully saturated rings. The molecular formula is C4H7BBr2. The minimum atomic E-state index is 0.338. The molecule has 0 saturated heterocycles. The summed E-state index contributed by atoms with van der Waals surface area (Å²) < 4.78 is 0.338. The molecule has 0 aromatic heterocycles. The van der Waals surface area contributed by atoms with Crippen molar-refractivity contribution in [1.29, 1.82) is 0 Å². The number of hydrogen-bond donors (Lipinski definition) is 0. The first-order valence-electron chi connectivity index (χ1n) is 2.06. The summed E-state index contributed by atoms with van der Waals surface area (Å²) in [5.41, 5.74) is 1.32. The summed E-state index contributed by atoms with van der Waals surface area (Å²) in [4.78, 5) is 0. The lowest BCUT2D eigenvalue weighted by atomic mass is 10.1. The van der Waals surface area contributed by atoms with Gasteiger partial charge >= 0.3 is 4.36 Å². The van der Waals surface area contributed by atoms with E-state index in [1.165, 1.54) is 5.57 Å². The second-order valence-corrected chi connectivity index (χ2v) is 4.78. The minimum Gasteiger partial charge on any atom is -0.133 e. The molecule has 0 bridgehead atoms. The highest BCUT2D eigenvalue weighted by Gasteiger charge is 1.94. The van der Waals surface area contributed by atoms with E-state index in [2.05, 4.69) is 51.3 Å². The Kier molecular flexibility index (Phi) is 4.14. The van der Waals surface area contributed by atoms with Crippen LogP contribution in [0.2, 0.25) is 0 Å². The van der Waals surface area contributed by atoms with Crippen molar-refractivity contribution in [3.63, 3.8) is 0 Å². The third-order valence-corrected chi connectivity index (χ3v) is 0.988. The summed E-state index contributed by atoms with van der Waals surface area (Å²) in [6.45, 7) is 4.13. The second-order valence-electron chi connectivity index (χ2n) is 1.58. The van der Waals surface area contributed by atoms with Gasteiger partial charge in [-0.25, -0.2) is 0 Å². The highest BCUT2D eigenvalue weighted by Crippen LogP contribution is 2.05. The van der Waals surface area contributed by atoms with Crippen molar-refractivity contribution in [2.45, 2.75) is 13.8 Å². The molecule has 7 heavy (non-hydrogen) atoms. The van der Waals surface area contributed by atoms with Crippen molar-refractivity contribution in [3.05, 3.63) is 11.5 Å². The number of allylic oxidation sites excluding steroid dienone is 1. The zero-order valence-corrected chi connectivity index (χ0v) is 7.58. The van der Waals surface area contributed by atoms with E-state index in [0.717, 1.165) is 0 Å². The van der Waals surface area contributed by atoms with Crippen LogP contribution in [0, 0.1) is 0 Å². The van der Waals surface area contributed by atoms with Crippen LogP contribution in [0.4, 0.5) is 0 Å². The SMILES string of the molecule is CC(C)=CB(Br)Br. The monoisotopic (exact) mass is 224 g/mol. The van der Waals surface area contributed by atoms with Gasteiger partial charge in [0.15, 0.2) is 0 Å². The van der Waals surface area contributed by atoms with E-state index >= 15 is 0 Å². The minimum absolute atomic E-state index is 0.338. The molecule has 0 aliphatic carbocycles. The largest absolute Gasteiger partial charge is 0.322 e. The lowest BCUT2D eigenvalue weighted by Gasteiger charge is -1.85. The molecular weight excluding hydrogens is 219 g/mol. The molecule has 0 rings (SSSR count). The fraction of sp³-hybridized carbons (Fsp3) is 0.500. The Bertz CT molecular complexity index is 73.8. The highest BCUT2D eigenvalue weighted by atomic mass is 79.9. The molecule has 0 atom stereocenters. The number of rotatable bonds is 1. The van der Waals surface area contributed by atoms with Crippen LogP contribution in [-0.4, -0.2) is 4.36 Å². The van der Waals surface area contributed by atoms with E-state index in [-0.39, 0.29) is 0 Å². The maximum absolute atomic E-state index is 3.32. The average Bonchev–Trinajstić information content (AvgIpc) is 1.27. The third kappa shape index (κ3) is 6.76. The lowest BCUT2D eigenvalue weighted by Crippen LogP contribution is -1.82. The van der Waals surface area contributed by atoms with E-state index in [9.17, 15) is 0 Å². The molecule has 0 spiro atoms. The van der Waals surface area contributed by atoms with Crippen LogP contribution in [0.25, 0.3) is 0 Å². The molecule has 0 saturated carbocycles. The molecule has 0 aromatic carbocycles. The molecule has 0 aromatic rings. The van der Waals surface area contributed by atoms with Gasteiger partial charge in [0.05, 0.1) is 0 Å². The molecule has 0 aliphatic heterocycles. The molecule has 0 aliphatic rings. The van der Waals surface area contributed by atoms with E-state index < -0.39 is 0 Å². The van der Waals surface area contributed by atoms with E-state index in [0.29, 0.717) is 4.36 Å². The molecule has 40 valence electrons. The molecule has 0 heterocycles. The summed E-state index contributed by atoms with van der Waals surface area (Å²) >= 11 is 6.63. The Hall–Kier alpha value is 0.765. The second kappa shape index (κ2) is 3.73. The summed E-state index contributed by atoms with van der Waals surface area (Å²) in [6, 6.07) is 0. The predicted molar refractivity (Wildman–Crippen MR) is 43.0 cm³/mol. The standard InChI is InChI=1S/C4H7BBr2/c1-4(2)3-5(6)7/h3H,1-2H3. The van der Waals surface area contributed by atoms with Gasteiger partial charge in [0.25, 0.3) is 0 Å². The topological polar surface area (TPSA) is 0 Å². The van der Waals surface area contributed by atoms with Crippen LogP contribution in [0.1, 0.15) is 13.8 Å². The maximum Gasteiger partial charge on any atom is 0.322 e. The van der Waals surface area contributed by atoms with Crippen LogP contribution in [0.3, 0.4) is 0 Å². The molecule has 0 unspecified atom stereocenters. The van der Waals surface area contributed by atoms with Gasteiger partial charge in [-0.2, -0.15) is 0 Å². The first kappa shape index (κ1) is 7.76. The Morgan fingerprint density at radius 1 is 1.43 bits per heavy atom. The molecule has 0 radical (unpaired) electrons. The van der Waals surface area contributed by atoms with Crippen molar-refractivity contribution in [1.82, 2.24) is 0 Å². The molecule has 0 amide bonds. The van der Waals surface area contributed by atoms with Gasteiger partial charge < -0.3 is 0 Å². The van der Waals surface area contributed by atoms with Crippen LogP contribution < -0.4 is 0 Å². The van der Waals surface area contributed by atoms with Gasteiger partial charge in [0, 0.05) is 0 Å². The van der Waals surface area contributed by atoms with Crippen molar-refractivity contribution >= 4 is 35.9 Å². The first-order chi connectivity index (χ1) is 3.13. The zero-order valence-electron chi connectivity index (χ0n) is 4.41. The van der Waals surface area contributed by atoms with E-state index in [4.69, 9.17) is 0 Å². The van der Waals surface area contributed by atoms with Gasteiger partial charge in [0.1, 0.15) is 0 Å². The van der Waals surface area contributed by atoms with Crippen LogP contribution in [0.15, 0.2) is 11.5 Å². The quantitative estimate of drug-likeness (QED) is 0.602. The first-order valence-corrected chi connectivity index (χ1v) is 3.89. The van der Waals surface area contributed by atoms with Gasteiger partial charge in [0.2, 0.25) is 0 Å². The average molecular weight is 226 g/mol. The predicted octanol–water partition coefficient (Wildman–Crippen LogP) is 2.77. The highest BCUT2D eigenvalue weighted by molar-refractivity contribution is 9.49. The van der Waals surface area contributed by atoms with Crippen molar-refractivity contribution < 1.29 is 0 Å². The van der Waals surface area contributed by atoms with Gasteiger partial charge in [-0.05, 0) is 13.8 Å². The molecule has 0 nitrogen and oxygen atoms in total. The van der Waals surface area contributed by atoms with E-state index in [1.54, 1.807) is 0 Å². The number of halogens is 2. The Morgan fingerprint density at radius 3 is 1.86 bits per heavy atom. The summed E-state index contributed by atoms with van der Waals surface area (Å²) in [5.74, 6) is 2.08. The maximum atomic E-state index is 3.32. The molecule has 3 heteroatoms. The van der Waals surface area contributed by atoms with Gasteiger partial charge in [-0.1, -0.05) is 11.5 Å². The van der Waals surface area contributed by atoms with Crippen molar-refractivity contribution in [3.8, 4) is 0 Å². The summed E-state index contributed by atoms with van der Waals surface area (Å²) in [5, 5.41) is 0. The Morgan fingerprint density at radius 2 is 1.86 bits per heavy atom. The van der Waals surface area contributed by atoms with Gasteiger partial charge in [-0.15, -0.1) is 31.5 Å². The smallest absolute Gasteiger partial charge is 0.133 e. The van der Waals surface area contributed by atoms with Gasteiger partial charge in [-0.3, -0.25) is 0 Å². The van der Waals surface area contributed by atoms with Crippen LogP contribution in [-0.2, 0) is 0 Å². The fourth-order valence-electron chi connectivity index (χ4n) is 0.252. The third-order valence-electron chi connectivity index (χ3n) is 0.459. The van der Waals surface area contributed by atoms with Crippen molar-refractivity contribution in [2.75, 3.05) is 0 Å². The van der Waals surface area contributed by atoms with Crippen LogP contribution in [0.5, 0.6) is 0 Å².